The highest BCUT2D eigenvalue weighted by molar-refractivity contribution is 7.81. The number of ether oxygens (including phenoxy) is 1. The second-order valence-corrected chi connectivity index (χ2v) is 11.1. The molecular formula is C32H34N4O3S. The Morgan fingerprint density at radius 3 is 2.55 bits per heavy atom. The average molecular weight is 555 g/mol. The summed E-state index contributed by atoms with van der Waals surface area (Å²) < 4.78 is 6.41. The predicted octanol–water partition coefficient (Wildman–Crippen LogP) is 5.98. The van der Waals surface area contributed by atoms with E-state index in [2.05, 4.69) is 4.99 Å². The number of aliphatic imine (C=N–C) groups is 1. The maximum Gasteiger partial charge on any atom is 0.274 e. The average Bonchev–Trinajstić information content (AvgIpc) is 3.21. The number of nitrogens with zero attached hydrogens (tertiary/aromatic N) is 3. The third kappa shape index (κ3) is 5.07. The number of carbonyl (C=O) groups excluding carboxylic acids is 1. The number of rotatable bonds is 4. The van der Waals surface area contributed by atoms with Crippen LogP contribution < -0.4 is 15.4 Å². The Balaban J connectivity index is 1.30. The molecule has 0 spiro atoms. The summed E-state index contributed by atoms with van der Waals surface area (Å²) in [5.41, 5.74) is 11.1. The van der Waals surface area contributed by atoms with Crippen LogP contribution in [0.5, 0.6) is 11.5 Å². The van der Waals surface area contributed by atoms with Crippen molar-refractivity contribution >= 4 is 40.2 Å². The lowest BCUT2D eigenvalue weighted by Crippen LogP contribution is -2.50. The summed E-state index contributed by atoms with van der Waals surface area (Å²) in [4.78, 5) is 22.7. The number of carbonyl (C=O) groups is 1. The van der Waals surface area contributed by atoms with E-state index >= 15 is 0 Å². The summed E-state index contributed by atoms with van der Waals surface area (Å²) in [6.45, 7) is 8.14. The van der Waals surface area contributed by atoms with Crippen molar-refractivity contribution in [2.45, 2.75) is 52.6 Å². The number of amides is 1. The molecule has 8 heteroatoms. The smallest absolute Gasteiger partial charge is 0.274 e. The first kappa shape index (κ1) is 27.4. The number of allylic oxidation sites excluding steroid dienone is 3. The van der Waals surface area contributed by atoms with Gasteiger partial charge in [0.1, 0.15) is 17.3 Å². The summed E-state index contributed by atoms with van der Waals surface area (Å²) in [6.07, 6.45) is 15.1. The van der Waals surface area contributed by atoms with Crippen molar-refractivity contribution < 1.29 is 14.6 Å². The van der Waals surface area contributed by atoms with Gasteiger partial charge in [-0.25, -0.2) is 4.99 Å². The number of thiocarbonyl (C=S) groups is 1. The van der Waals surface area contributed by atoms with Crippen LogP contribution in [0, 0.1) is 20.8 Å². The van der Waals surface area contributed by atoms with Gasteiger partial charge in [-0.3, -0.25) is 9.69 Å². The molecular weight excluding hydrogens is 520 g/mol. The maximum absolute atomic E-state index is 13.7. The highest BCUT2D eigenvalue weighted by Crippen LogP contribution is 2.43. The summed E-state index contributed by atoms with van der Waals surface area (Å²) in [7, 11) is 0. The zero-order valence-corrected chi connectivity index (χ0v) is 24.1. The quantitative estimate of drug-likeness (QED) is 0.275. The number of hydrogen-bond acceptors (Lipinski definition) is 6. The van der Waals surface area contributed by atoms with E-state index in [4.69, 9.17) is 22.7 Å². The fourth-order valence-corrected chi connectivity index (χ4v) is 5.49. The molecule has 0 bridgehead atoms. The van der Waals surface area contributed by atoms with Gasteiger partial charge >= 0.3 is 0 Å². The zero-order valence-electron chi connectivity index (χ0n) is 23.3. The number of hydrogen-bond donors (Lipinski definition) is 2. The van der Waals surface area contributed by atoms with E-state index in [1.54, 1.807) is 17.3 Å². The standard InChI is InChI=1S/C32H34N4O3S/c1-20-21(2)29-25(22(3)28(20)37)14-15-32(4,39-29)31(38)36-17-7-16-35(18-19-36)24-12-10-23(11-13-24)34-30(33)26-8-5-6-9-27(26)40/h5-8,10-13,17-19,37H,9,14-16H2,1-4H3,(H2,33,34). The molecule has 40 heavy (non-hydrogen) atoms. The molecule has 3 N–H and O–H groups in total. The Morgan fingerprint density at radius 2 is 1.82 bits per heavy atom. The highest BCUT2D eigenvalue weighted by Gasteiger charge is 2.42. The van der Waals surface area contributed by atoms with E-state index in [-0.39, 0.29) is 5.91 Å². The van der Waals surface area contributed by atoms with Gasteiger partial charge in [0, 0.05) is 59.7 Å². The number of phenolic OH excluding ortho intramolecular Hbond substituents is 1. The third-order valence-electron chi connectivity index (χ3n) is 7.89. The predicted molar refractivity (Wildman–Crippen MR) is 164 cm³/mol. The molecule has 7 nitrogen and oxygen atoms in total. The van der Waals surface area contributed by atoms with Gasteiger partial charge in [0.15, 0.2) is 5.60 Å². The zero-order chi connectivity index (χ0) is 28.6. The SMILES string of the molecule is Cc1c(C)c2c(c(C)c1O)CCC(C)(C(=O)N1C=CCN(c3ccc(N=C(N)C4=CC=CCC4=S)cc3)C=C1)O2. The number of nitrogens with two attached hydrogens (primary N) is 1. The van der Waals surface area contributed by atoms with Gasteiger partial charge in [0.25, 0.3) is 5.91 Å². The first-order valence-electron chi connectivity index (χ1n) is 13.4. The molecule has 0 fully saturated rings. The lowest BCUT2D eigenvalue weighted by Gasteiger charge is -2.38. The molecule has 2 aromatic carbocycles. The van der Waals surface area contributed by atoms with Gasteiger partial charge in [0.05, 0.1) is 5.69 Å². The van der Waals surface area contributed by atoms with Crippen molar-refractivity contribution in [3.05, 3.63) is 95.0 Å². The minimum Gasteiger partial charge on any atom is -0.507 e. The first-order valence-corrected chi connectivity index (χ1v) is 13.8. The maximum atomic E-state index is 13.7. The van der Waals surface area contributed by atoms with E-state index in [1.807, 2.05) is 87.4 Å². The number of aromatic hydroxyl groups is 1. The molecule has 1 atom stereocenters. The molecule has 0 saturated carbocycles. The van der Waals surface area contributed by atoms with Crippen LogP contribution in [0.25, 0.3) is 0 Å². The Morgan fingerprint density at radius 1 is 1.07 bits per heavy atom. The fraction of sp³-hybridized carbons (Fsp3) is 0.281. The number of benzene rings is 2. The summed E-state index contributed by atoms with van der Waals surface area (Å²) in [6, 6.07) is 7.77. The molecule has 2 heterocycles. The van der Waals surface area contributed by atoms with Crippen molar-refractivity contribution in [1.29, 1.82) is 0 Å². The van der Waals surface area contributed by atoms with Crippen LogP contribution in [0.4, 0.5) is 11.4 Å². The fourth-order valence-electron chi connectivity index (χ4n) is 5.22. The van der Waals surface area contributed by atoms with E-state index < -0.39 is 5.60 Å². The van der Waals surface area contributed by atoms with E-state index in [0.29, 0.717) is 43.1 Å². The minimum absolute atomic E-state index is 0.139. The molecule has 2 aliphatic heterocycles. The third-order valence-corrected chi connectivity index (χ3v) is 8.28. The Bertz CT molecular complexity index is 1530. The Kier molecular flexibility index (Phi) is 7.38. The molecule has 2 aromatic rings. The van der Waals surface area contributed by atoms with E-state index in [9.17, 15) is 9.90 Å². The molecule has 5 rings (SSSR count). The van der Waals surface area contributed by atoms with Gasteiger partial charge < -0.3 is 20.5 Å². The van der Waals surface area contributed by atoms with Crippen LogP contribution >= 0.6 is 12.2 Å². The van der Waals surface area contributed by atoms with Crippen molar-refractivity contribution in [2.24, 2.45) is 10.7 Å². The Hall–Kier alpha value is -4.17. The molecule has 0 saturated heterocycles. The number of fused-ring (bicyclic) bond motifs is 1. The first-order chi connectivity index (χ1) is 19.1. The van der Waals surface area contributed by atoms with Gasteiger partial charge in [-0.15, -0.1) is 0 Å². The van der Waals surface area contributed by atoms with Crippen LogP contribution in [-0.4, -0.2) is 38.8 Å². The van der Waals surface area contributed by atoms with Crippen molar-refractivity contribution in [2.75, 3.05) is 11.4 Å². The summed E-state index contributed by atoms with van der Waals surface area (Å²) >= 11 is 5.41. The lowest BCUT2D eigenvalue weighted by molar-refractivity contribution is -0.143. The van der Waals surface area contributed by atoms with E-state index in [0.717, 1.165) is 44.1 Å². The second kappa shape index (κ2) is 10.8. The number of phenols is 1. The van der Waals surface area contributed by atoms with Crippen molar-refractivity contribution in [3.63, 3.8) is 0 Å². The van der Waals surface area contributed by atoms with Crippen LogP contribution in [0.1, 0.15) is 42.0 Å². The van der Waals surface area contributed by atoms with Crippen LogP contribution in [0.3, 0.4) is 0 Å². The second-order valence-electron chi connectivity index (χ2n) is 10.6. The molecule has 1 unspecified atom stereocenters. The topological polar surface area (TPSA) is 91.4 Å². The largest absolute Gasteiger partial charge is 0.507 e. The highest BCUT2D eigenvalue weighted by atomic mass is 32.1. The molecule has 1 aliphatic carbocycles. The van der Waals surface area contributed by atoms with Gasteiger partial charge in [-0.2, -0.15) is 0 Å². The van der Waals surface area contributed by atoms with Gasteiger partial charge in [-0.05, 0) is 81.1 Å². The van der Waals surface area contributed by atoms with E-state index in [1.165, 1.54) is 0 Å². The summed E-state index contributed by atoms with van der Waals surface area (Å²) in [5.74, 6) is 1.29. The Labute approximate surface area is 240 Å². The summed E-state index contributed by atoms with van der Waals surface area (Å²) in [5, 5.41) is 10.5. The molecule has 1 amide bonds. The van der Waals surface area contributed by atoms with Crippen LogP contribution in [0.2, 0.25) is 0 Å². The number of amidine groups is 1. The molecule has 3 aliphatic rings. The van der Waals surface area contributed by atoms with Crippen LogP contribution in [0.15, 0.2) is 77.7 Å². The normalized spacial score (nSPS) is 20.6. The molecule has 0 aromatic heterocycles. The van der Waals surface area contributed by atoms with Gasteiger partial charge in [-0.1, -0.05) is 30.4 Å². The van der Waals surface area contributed by atoms with Gasteiger partial charge in [0.2, 0.25) is 0 Å². The lowest BCUT2D eigenvalue weighted by atomic mass is 9.86. The van der Waals surface area contributed by atoms with Crippen molar-refractivity contribution in [1.82, 2.24) is 4.90 Å². The molecule has 0 radical (unpaired) electrons. The molecule has 206 valence electrons. The minimum atomic E-state index is -1.02. The van der Waals surface area contributed by atoms with Crippen molar-refractivity contribution in [3.8, 4) is 11.5 Å². The van der Waals surface area contributed by atoms with Crippen LogP contribution in [-0.2, 0) is 11.2 Å². The number of anilines is 1. The monoisotopic (exact) mass is 554 g/mol.